The molecule has 126 valence electrons. The molecular weight excluding hydrogens is 616 g/mol. The minimum absolute atomic E-state index is 0.589. The molecule has 0 saturated carbocycles. The monoisotopic (exact) mass is 630 g/mol. The lowest BCUT2D eigenvalue weighted by molar-refractivity contribution is 0.646. The number of hydrogen-bond acceptors (Lipinski definition) is 0. The summed E-state index contributed by atoms with van der Waals surface area (Å²) >= 11 is 18.3. The van der Waals surface area contributed by atoms with Crippen LogP contribution in [0.2, 0.25) is 0 Å². The van der Waals surface area contributed by atoms with Crippen molar-refractivity contribution in [3.63, 3.8) is 0 Å². The normalized spacial score (nSPS) is 13.0. The van der Waals surface area contributed by atoms with Gasteiger partial charge in [-0.05, 0) is 117 Å². The van der Waals surface area contributed by atoms with E-state index in [4.69, 9.17) is 0 Å². The predicted molar refractivity (Wildman–Crippen MR) is 121 cm³/mol. The molecule has 0 fully saturated rings. The quantitative estimate of drug-likeness (QED) is 0.172. The van der Waals surface area contributed by atoms with Gasteiger partial charge in [-0.1, -0.05) is 38.2 Å². The molecule has 0 spiro atoms. The Morgan fingerprint density at radius 2 is 1.39 bits per heavy atom. The summed E-state index contributed by atoms with van der Waals surface area (Å²) in [6, 6.07) is 0. The van der Waals surface area contributed by atoms with Gasteiger partial charge in [0.1, 0.15) is 0 Å². The molecule has 0 saturated heterocycles. The molecule has 0 radical (unpaired) electrons. The van der Waals surface area contributed by atoms with Gasteiger partial charge in [-0.15, -0.1) is 0 Å². The molecular formula is C18H19Br5. The lowest BCUT2D eigenvalue weighted by Gasteiger charge is -2.17. The first-order valence-corrected chi connectivity index (χ1v) is 11.1. The molecule has 0 aliphatic carbocycles. The van der Waals surface area contributed by atoms with Gasteiger partial charge in [0.05, 0.1) is 0 Å². The van der Waals surface area contributed by atoms with Crippen molar-refractivity contribution >= 4 is 85.2 Å². The van der Waals surface area contributed by atoms with Crippen molar-refractivity contribution in [3.05, 3.63) is 57.8 Å². The molecule has 0 unspecified atom stereocenters. The van der Waals surface area contributed by atoms with Crippen LogP contribution in [-0.4, -0.2) is 0 Å². The van der Waals surface area contributed by atoms with Gasteiger partial charge < -0.3 is 0 Å². The van der Waals surface area contributed by atoms with Crippen LogP contribution in [0.1, 0.15) is 39.7 Å². The van der Waals surface area contributed by atoms with Crippen LogP contribution in [-0.2, 0) is 0 Å². The van der Waals surface area contributed by atoms with Crippen molar-refractivity contribution in [2.45, 2.75) is 34.1 Å². The Kier molecular flexibility index (Phi) is 9.05. The van der Waals surface area contributed by atoms with Crippen LogP contribution in [0.4, 0.5) is 0 Å². The molecule has 0 bridgehead atoms. The van der Waals surface area contributed by atoms with Crippen LogP contribution >= 0.6 is 79.6 Å². The van der Waals surface area contributed by atoms with Crippen molar-refractivity contribution in [3.8, 4) is 0 Å². The smallest absolute Gasteiger partial charge is 0.0482 e. The second-order valence-corrected chi connectivity index (χ2v) is 9.70. The van der Waals surface area contributed by atoms with Crippen LogP contribution in [0.5, 0.6) is 0 Å². The maximum atomic E-state index is 4.14. The van der Waals surface area contributed by atoms with Gasteiger partial charge in [0.15, 0.2) is 0 Å². The number of hydrogen-bond donors (Lipinski definition) is 0. The highest BCUT2D eigenvalue weighted by atomic mass is 79.9. The van der Waals surface area contributed by atoms with Crippen molar-refractivity contribution in [1.82, 2.24) is 0 Å². The topological polar surface area (TPSA) is 0 Å². The van der Waals surface area contributed by atoms with Crippen LogP contribution in [0.25, 0.3) is 5.57 Å². The Labute approximate surface area is 181 Å². The molecule has 0 heterocycles. The first-order chi connectivity index (χ1) is 10.6. The average molecular weight is 635 g/mol. The number of benzene rings is 1. The Morgan fingerprint density at radius 1 is 0.957 bits per heavy atom. The van der Waals surface area contributed by atoms with E-state index < -0.39 is 0 Å². The van der Waals surface area contributed by atoms with Crippen molar-refractivity contribution in [2.24, 2.45) is 5.92 Å². The molecule has 1 aromatic carbocycles. The molecule has 0 amide bonds. The summed E-state index contributed by atoms with van der Waals surface area (Å²) in [6.45, 7) is 12.7. The van der Waals surface area contributed by atoms with Gasteiger partial charge in [-0.2, -0.15) is 0 Å². The van der Waals surface area contributed by atoms with E-state index in [1.807, 2.05) is 0 Å². The minimum Gasteiger partial charge on any atom is -0.0958 e. The average Bonchev–Trinajstić information content (AvgIpc) is 2.48. The molecule has 0 N–H and O–H groups in total. The number of allylic oxidation sites excluding steroid dienone is 5. The highest BCUT2D eigenvalue weighted by molar-refractivity contribution is 9.15. The number of rotatable bonds is 5. The summed E-state index contributed by atoms with van der Waals surface area (Å²) in [5.74, 6) is 0.589. The minimum atomic E-state index is 0.589. The number of halogens is 5. The molecule has 0 nitrogen and oxygen atoms in total. The first-order valence-electron chi connectivity index (χ1n) is 7.16. The van der Waals surface area contributed by atoms with Crippen LogP contribution in [0.15, 0.2) is 52.2 Å². The standard InChI is InChI=1S/C18H19Br5/c1-6-11(8-12(10(4)5)7-9(2)3)13-14(19)16(21)18(23)17(22)15(13)20/h6,8-9H,4,7H2,1-3,5H3/b11-6+,12-8-. The van der Waals surface area contributed by atoms with Crippen molar-refractivity contribution in [1.29, 1.82) is 0 Å². The van der Waals surface area contributed by atoms with Gasteiger partial charge in [0.2, 0.25) is 0 Å². The summed E-state index contributed by atoms with van der Waals surface area (Å²) in [5, 5.41) is 0. The maximum Gasteiger partial charge on any atom is 0.0482 e. The zero-order valence-corrected chi connectivity index (χ0v) is 21.5. The lowest BCUT2D eigenvalue weighted by atomic mass is 9.94. The second-order valence-electron chi connectivity index (χ2n) is 5.74. The molecule has 0 aliphatic rings. The van der Waals surface area contributed by atoms with E-state index >= 15 is 0 Å². The third-order valence-corrected chi connectivity index (χ3v) is 9.41. The fraction of sp³-hybridized carbons (Fsp3) is 0.333. The Morgan fingerprint density at radius 3 is 1.74 bits per heavy atom. The van der Waals surface area contributed by atoms with Gasteiger partial charge >= 0.3 is 0 Å². The summed E-state index contributed by atoms with van der Waals surface area (Å²) in [4.78, 5) is 0. The Balaban J connectivity index is 3.57. The fourth-order valence-electron chi connectivity index (χ4n) is 2.14. The Hall–Kier alpha value is 0.840. The van der Waals surface area contributed by atoms with Gasteiger partial charge in [-0.25, -0.2) is 0 Å². The van der Waals surface area contributed by atoms with Gasteiger partial charge in [0, 0.05) is 27.9 Å². The van der Waals surface area contributed by atoms with Crippen molar-refractivity contribution in [2.75, 3.05) is 0 Å². The summed E-state index contributed by atoms with van der Waals surface area (Å²) in [5.41, 5.74) is 4.65. The van der Waals surface area contributed by atoms with E-state index in [0.717, 1.165) is 45.5 Å². The van der Waals surface area contributed by atoms with E-state index in [1.54, 1.807) is 0 Å². The van der Waals surface area contributed by atoms with Gasteiger partial charge in [-0.3, -0.25) is 0 Å². The van der Waals surface area contributed by atoms with Crippen LogP contribution in [0.3, 0.4) is 0 Å². The van der Waals surface area contributed by atoms with E-state index in [1.165, 1.54) is 5.57 Å². The van der Waals surface area contributed by atoms with E-state index in [9.17, 15) is 0 Å². The van der Waals surface area contributed by atoms with Crippen LogP contribution < -0.4 is 0 Å². The summed E-state index contributed by atoms with van der Waals surface area (Å²) < 4.78 is 4.96. The van der Waals surface area contributed by atoms with E-state index in [-0.39, 0.29) is 0 Å². The molecule has 1 aromatic rings. The third kappa shape index (κ3) is 5.40. The predicted octanol–water partition coefficient (Wildman–Crippen LogP) is 9.45. The molecule has 1 rings (SSSR count). The SMILES string of the molecule is C=C(C)/C(=C\C(=C/C)c1c(Br)c(Br)c(Br)c(Br)c1Br)CC(C)C. The Bertz CT molecular complexity index is 652. The highest BCUT2D eigenvalue weighted by Gasteiger charge is 2.19. The molecule has 5 heteroatoms. The molecule has 0 aromatic heterocycles. The van der Waals surface area contributed by atoms with Crippen LogP contribution in [0, 0.1) is 5.92 Å². The largest absolute Gasteiger partial charge is 0.0958 e. The van der Waals surface area contributed by atoms with E-state index in [2.05, 4.69) is 126 Å². The highest BCUT2D eigenvalue weighted by Crippen LogP contribution is 2.47. The molecule has 0 aliphatic heterocycles. The molecule has 23 heavy (non-hydrogen) atoms. The zero-order valence-electron chi connectivity index (χ0n) is 13.5. The second kappa shape index (κ2) is 9.51. The lowest BCUT2D eigenvalue weighted by Crippen LogP contribution is -1.96. The van der Waals surface area contributed by atoms with Gasteiger partial charge in [0.25, 0.3) is 0 Å². The maximum absolute atomic E-state index is 4.14. The summed E-state index contributed by atoms with van der Waals surface area (Å²) in [6.07, 6.45) is 5.38. The molecule has 0 atom stereocenters. The van der Waals surface area contributed by atoms with E-state index in [0.29, 0.717) is 5.92 Å². The van der Waals surface area contributed by atoms with Crippen molar-refractivity contribution < 1.29 is 0 Å². The summed E-state index contributed by atoms with van der Waals surface area (Å²) in [7, 11) is 0. The third-order valence-electron chi connectivity index (χ3n) is 3.32. The first kappa shape index (κ1) is 21.9. The fourth-order valence-corrected chi connectivity index (χ4v) is 5.65. The zero-order chi connectivity index (χ0) is 17.9.